The number of hydrogen-bond acceptors (Lipinski definition) is 6. The summed E-state index contributed by atoms with van der Waals surface area (Å²) < 4.78 is 15.7. The molecule has 0 fully saturated rings. The number of benzene rings is 1. The van der Waals surface area contributed by atoms with E-state index in [2.05, 4.69) is 15.9 Å². The first-order chi connectivity index (χ1) is 11.5. The third kappa shape index (κ3) is 3.51. The number of allylic oxidation sites excluding steroid dienone is 2. The lowest BCUT2D eigenvalue weighted by molar-refractivity contribution is -0.139. The molecule has 0 aliphatic carbocycles. The first-order valence-corrected chi connectivity index (χ1v) is 7.71. The molecule has 0 bridgehead atoms. The zero-order valence-corrected chi connectivity index (χ0v) is 15.0. The number of rotatable bonds is 4. The Balaban J connectivity index is 2.65. The standard InChI is InChI=1S/C17H16BrNO5/c1-22-14-10-11(7-8-13(14)18)19-9-5-4-6-12(16(20)23-2)15(19)17(21)24-3/h4-10H,1-3H3. The lowest BCUT2D eigenvalue weighted by Gasteiger charge is -2.23. The van der Waals surface area contributed by atoms with E-state index in [-0.39, 0.29) is 11.3 Å². The molecular weight excluding hydrogens is 378 g/mol. The highest BCUT2D eigenvalue weighted by atomic mass is 79.9. The summed E-state index contributed by atoms with van der Waals surface area (Å²) in [5, 5.41) is 0. The first kappa shape index (κ1) is 17.8. The fraction of sp³-hybridized carbons (Fsp3) is 0.176. The van der Waals surface area contributed by atoms with Gasteiger partial charge in [-0.15, -0.1) is 0 Å². The molecule has 0 N–H and O–H groups in total. The fourth-order valence-corrected chi connectivity index (χ4v) is 2.57. The second-order valence-electron chi connectivity index (χ2n) is 4.63. The van der Waals surface area contributed by atoms with E-state index in [4.69, 9.17) is 14.2 Å². The molecule has 7 heteroatoms. The third-order valence-corrected chi connectivity index (χ3v) is 3.96. The van der Waals surface area contributed by atoms with Gasteiger partial charge in [-0.3, -0.25) is 0 Å². The Morgan fingerprint density at radius 1 is 1.04 bits per heavy atom. The van der Waals surface area contributed by atoms with E-state index >= 15 is 0 Å². The van der Waals surface area contributed by atoms with Crippen molar-refractivity contribution in [1.82, 2.24) is 0 Å². The van der Waals surface area contributed by atoms with E-state index in [1.54, 1.807) is 48.6 Å². The minimum atomic E-state index is -0.659. The molecule has 0 amide bonds. The van der Waals surface area contributed by atoms with E-state index in [1.807, 2.05) is 0 Å². The fourth-order valence-electron chi connectivity index (χ4n) is 2.16. The van der Waals surface area contributed by atoms with Gasteiger partial charge in [-0.1, -0.05) is 6.08 Å². The average molecular weight is 394 g/mol. The maximum atomic E-state index is 12.3. The number of esters is 2. The zero-order valence-electron chi connectivity index (χ0n) is 13.4. The summed E-state index contributed by atoms with van der Waals surface area (Å²) in [6.45, 7) is 0. The number of methoxy groups -OCH3 is 3. The number of hydrogen-bond donors (Lipinski definition) is 0. The van der Waals surface area contributed by atoms with Crippen molar-refractivity contribution in [3.63, 3.8) is 0 Å². The van der Waals surface area contributed by atoms with E-state index in [1.165, 1.54) is 20.3 Å². The molecule has 0 spiro atoms. The quantitative estimate of drug-likeness (QED) is 0.732. The Kier molecular flexibility index (Phi) is 5.81. The maximum absolute atomic E-state index is 12.3. The van der Waals surface area contributed by atoms with Gasteiger partial charge in [-0.05, 0) is 40.2 Å². The second kappa shape index (κ2) is 7.83. The van der Waals surface area contributed by atoms with Crippen LogP contribution in [0.15, 0.2) is 58.4 Å². The summed E-state index contributed by atoms with van der Waals surface area (Å²) in [6.07, 6.45) is 6.50. The molecule has 0 atom stereocenters. The van der Waals surface area contributed by atoms with E-state index in [0.29, 0.717) is 11.4 Å². The average Bonchev–Trinajstić information content (AvgIpc) is 2.83. The highest BCUT2D eigenvalue weighted by Crippen LogP contribution is 2.33. The molecule has 1 heterocycles. The summed E-state index contributed by atoms with van der Waals surface area (Å²) in [6, 6.07) is 5.30. The Morgan fingerprint density at radius 3 is 2.38 bits per heavy atom. The number of nitrogens with zero attached hydrogens (tertiary/aromatic N) is 1. The van der Waals surface area contributed by atoms with Gasteiger partial charge in [0, 0.05) is 18.0 Å². The number of carbonyl (C=O) groups excluding carboxylic acids is 2. The molecule has 1 aliphatic heterocycles. The van der Waals surface area contributed by atoms with Crippen molar-refractivity contribution < 1.29 is 23.8 Å². The van der Waals surface area contributed by atoms with Crippen LogP contribution in [0.1, 0.15) is 0 Å². The second-order valence-corrected chi connectivity index (χ2v) is 5.49. The number of ether oxygens (including phenoxy) is 3. The van der Waals surface area contributed by atoms with E-state index in [0.717, 1.165) is 4.47 Å². The largest absolute Gasteiger partial charge is 0.495 e. The number of anilines is 1. The predicted octanol–water partition coefficient (Wildman–Crippen LogP) is 2.95. The zero-order chi connectivity index (χ0) is 17.7. The molecule has 1 aromatic rings. The van der Waals surface area contributed by atoms with Gasteiger partial charge in [0.25, 0.3) is 0 Å². The Morgan fingerprint density at radius 2 is 1.75 bits per heavy atom. The van der Waals surface area contributed by atoms with Crippen LogP contribution in [0.5, 0.6) is 5.75 Å². The maximum Gasteiger partial charge on any atom is 0.355 e. The minimum absolute atomic E-state index is 0.0544. The molecule has 0 unspecified atom stereocenters. The molecule has 1 aliphatic rings. The van der Waals surface area contributed by atoms with Crippen LogP contribution in [-0.4, -0.2) is 33.3 Å². The van der Waals surface area contributed by atoms with Crippen LogP contribution < -0.4 is 9.64 Å². The van der Waals surface area contributed by atoms with Gasteiger partial charge in [-0.25, -0.2) is 9.59 Å². The van der Waals surface area contributed by atoms with Crippen molar-refractivity contribution in [3.8, 4) is 5.75 Å². The lowest BCUT2D eigenvalue weighted by Crippen LogP contribution is -2.26. The van der Waals surface area contributed by atoms with Gasteiger partial charge in [0.2, 0.25) is 0 Å². The van der Waals surface area contributed by atoms with E-state index in [9.17, 15) is 9.59 Å². The van der Waals surface area contributed by atoms with Crippen molar-refractivity contribution in [3.05, 3.63) is 58.4 Å². The Bertz CT molecular complexity index is 751. The summed E-state index contributed by atoms with van der Waals surface area (Å²) >= 11 is 3.38. The molecule has 2 rings (SSSR count). The van der Waals surface area contributed by atoms with Crippen LogP contribution >= 0.6 is 15.9 Å². The minimum Gasteiger partial charge on any atom is -0.495 e. The van der Waals surface area contributed by atoms with Crippen molar-refractivity contribution in [1.29, 1.82) is 0 Å². The summed E-state index contributed by atoms with van der Waals surface area (Å²) in [5.74, 6) is -0.708. The third-order valence-electron chi connectivity index (χ3n) is 3.30. The summed E-state index contributed by atoms with van der Waals surface area (Å²) in [7, 11) is 4.05. The molecule has 126 valence electrons. The molecule has 0 saturated heterocycles. The summed E-state index contributed by atoms with van der Waals surface area (Å²) in [4.78, 5) is 25.9. The van der Waals surface area contributed by atoms with Crippen LogP contribution in [-0.2, 0) is 19.1 Å². The van der Waals surface area contributed by atoms with Gasteiger partial charge in [-0.2, -0.15) is 0 Å². The van der Waals surface area contributed by atoms with Crippen molar-refractivity contribution in [2.24, 2.45) is 0 Å². The van der Waals surface area contributed by atoms with Crippen molar-refractivity contribution >= 4 is 33.6 Å². The molecule has 6 nitrogen and oxygen atoms in total. The van der Waals surface area contributed by atoms with Gasteiger partial charge in [0.1, 0.15) is 11.4 Å². The molecule has 1 aromatic carbocycles. The van der Waals surface area contributed by atoms with Crippen molar-refractivity contribution in [2.45, 2.75) is 0 Å². The first-order valence-electron chi connectivity index (χ1n) is 6.92. The highest BCUT2D eigenvalue weighted by Gasteiger charge is 2.27. The molecule has 0 saturated carbocycles. The predicted molar refractivity (Wildman–Crippen MR) is 92.5 cm³/mol. The highest BCUT2D eigenvalue weighted by molar-refractivity contribution is 9.10. The molecule has 0 aromatic heterocycles. The molecule has 0 radical (unpaired) electrons. The van der Waals surface area contributed by atoms with Crippen LogP contribution in [0.4, 0.5) is 5.69 Å². The molecular formula is C17H16BrNO5. The monoisotopic (exact) mass is 393 g/mol. The SMILES string of the molecule is COC(=O)C1=C(C(=O)OC)N(c2ccc(Br)c(OC)c2)C=CC=C1. The number of halogens is 1. The van der Waals surface area contributed by atoms with Gasteiger partial charge in [0.05, 0.1) is 31.4 Å². The Labute approximate surface area is 148 Å². The van der Waals surface area contributed by atoms with Gasteiger partial charge < -0.3 is 19.1 Å². The summed E-state index contributed by atoms with van der Waals surface area (Å²) in [5.41, 5.74) is 0.770. The molecule has 24 heavy (non-hydrogen) atoms. The number of carbonyl (C=O) groups is 2. The van der Waals surface area contributed by atoms with Crippen molar-refractivity contribution in [2.75, 3.05) is 26.2 Å². The Hall–Kier alpha value is -2.54. The van der Waals surface area contributed by atoms with Crippen LogP contribution in [0, 0.1) is 0 Å². The van der Waals surface area contributed by atoms with Crippen LogP contribution in [0.3, 0.4) is 0 Å². The van der Waals surface area contributed by atoms with Gasteiger partial charge in [0.15, 0.2) is 0 Å². The lowest BCUT2D eigenvalue weighted by atomic mass is 10.1. The smallest absolute Gasteiger partial charge is 0.355 e. The normalized spacial score (nSPS) is 13.6. The van der Waals surface area contributed by atoms with Crippen LogP contribution in [0.2, 0.25) is 0 Å². The van der Waals surface area contributed by atoms with E-state index < -0.39 is 11.9 Å². The van der Waals surface area contributed by atoms with Gasteiger partial charge >= 0.3 is 11.9 Å². The topological polar surface area (TPSA) is 65.1 Å². The van der Waals surface area contributed by atoms with Crippen LogP contribution in [0.25, 0.3) is 0 Å².